The van der Waals surface area contributed by atoms with Crippen LogP contribution in [0, 0.1) is 5.82 Å². The number of halogens is 1. The lowest BCUT2D eigenvalue weighted by molar-refractivity contribution is -0.113. The standard InChI is InChI=1S/C18H15FO3S/c19-16-4-2-1-3-15(16)18-14(9-10-17(18)20)13-7-5-12(6-8-13)11-23(21)22/h1-8H,9-11H2,(H,21,22). The molecule has 5 heteroatoms. The summed E-state index contributed by atoms with van der Waals surface area (Å²) in [7, 11) is 0. The molecular weight excluding hydrogens is 315 g/mol. The third kappa shape index (κ3) is 3.30. The van der Waals surface area contributed by atoms with E-state index in [4.69, 9.17) is 4.55 Å². The van der Waals surface area contributed by atoms with Crippen molar-refractivity contribution in [3.05, 3.63) is 71.0 Å². The zero-order valence-electron chi connectivity index (χ0n) is 12.3. The number of carbonyl (C=O) groups excluding carboxylic acids is 1. The Morgan fingerprint density at radius 3 is 2.39 bits per heavy atom. The van der Waals surface area contributed by atoms with Gasteiger partial charge in [-0.05, 0) is 29.2 Å². The van der Waals surface area contributed by atoms with E-state index in [2.05, 4.69) is 0 Å². The molecule has 1 unspecified atom stereocenters. The fourth-order valence-electron chi connectivity index (χ4n) is 2.87. The molecule has 23 heavy (non-hydrogen) atoms. The van der Waals surface area contributed by atoms with Gasteiger partial charge in [-0.2, -0.15) is 0 Å². The van der Waals surface area contributed by atoms with Crippen molar-refractivity contribution < 1.29 is 17.9 Å². The van der Waals surface area contributed by atoms with Crippen LogP contribution in [0.2, 0.25) is 0 Å². The summed E-state index contributed by atoms with van der Waals surface area (Å²) in [6.07, 6.45) is 0.954. The Bertz CT molecular complexity index is 809. The molecule has 0 spiro atoms. The average Bonchev–Trinajstić information content (AvgIpc) is 2.90. The van der Waals surface area contributed by atoms with Crippen LogP contribution in [0.25, 0.3) is 11.1 Å². The maximum Gasteiger partial charge on any atom is 0.164 e. The van der Waals surface area contributed by atoms with Crippen molar-refractivity contribution in [2.24, 2.45) is 0 Å². The molecule has 0 saturated carbocycles. The quantitative estimate of drug-likeness (QED) is 0.867. The molecule has 2 aromatic carbocycles. The smallest absolute Gasteiger partial charge is 0.164 e. The fourth-order valence-corrected chi connectivity index (χ4v) is 3.34. The molecule has 1 aliphatic carbocycles. The first kappa shape index (κ1) is 15.8. The average molecular weight is 330 g/mol. The van der Waals surface area contributed by atoms with Crippen molar-refractivity contribution in [3.8, 4) is 0 Å². The second-order valence-corrected chi connectivity index (χ2v) is 6.35. The predicted molar refractivity (Wildman–Crippen MR) is 88.4 cm³/mol. The van der Waals surface area contributed by atoms with E-state index in [1.54, 1.807) is 30.3 Å². The molecule has 3 nitrogen and oxygen atoms in total. The summed E-state index contributed by atoms with van der Waals surface area (Å²) in [5.41, 5.74) is 3.21. The minimum Gasteiger partial charge on any atom is -0.306 e. The summed E-state index contributed by atoms with van der Waals surface area (Å²) in [5.74, 6) is -0.383. The number of rotatable bonds is 4. The van der Waals surface area contributed by atoms with E-state index >= 15 is 0 Å². The van der Waals surface area contributed by atoms with Crippen molar-refractivity contribution in [2.45, 2.75) is 18.6 Å². The largest absolute Gasteiger partial charge is 0.306 e. The summed E-state index contributed by atoms with van der Waals surface area (Å²) in [6.45, 7) is 0. The molecule has 0 fully saturated rings. The van der Waals surface area contributed by atoms with Gasteiger partial charge < -0.3 is 4.55 Å². The number of carbonyl (C=O) groups is 1. The van der Waals surface area contributed by atoms with Crippen LogP contribution >= 0.6 is 0 Å². The van der Waals surface area contributed by atoms with E-state index in [1.165, 1.54) is 6.07 Å². The lowest BCUT2D eigenvalue weighted by atomic mass is 9.96. The summed E-state index contributed by atoms with van der Waals surface area (Å²) >= 11 is -1.89. The van der Waals surface area contributed by atoms with Crippen molar-refractivity contribution >= 4 is 28.0 Å². The van der Waals surface area contributed by atoms with E-state index in [0.717, 1.165) is 16.7 Å². The lowest BCUT2D eigenvalue weighted by Gasteiger charge is -2.09. The second kappa shape index (κ2) is 6.56. The van der Waals surface area contributed by atoms with Gasteiger partial charge >= 0.3 is 0 Å². The highest BCUT2D eigenvalue weighted by molar-refractivity contribution is 7.78. The van der Waals surface area contributed by atoms with Gasteiger partial charge in [0.25, 0.3) is 0 Å². The van der Waals surface area contributed by atoms with Crippen LogP contribution < -0.4 is 0 Å². The fraction of sp³-hybridized carbons (Fsp3) is 0.167. The maximum atomic E-state index is 14.1. The van der Waals surface area contributed by atoms with Gasteiger partial charge in [-0.15, -0.1) is 0 Å². The van der Waals surface area contributed by atoms with Gasteiger partial charge in [0, 0.05) is 17.6 Å². The van der Waals surface area contributed by atoms with Crippen molar-refractivity contribution in [3.63, 3.8) is 0 Å². The van der Waals surface area contributed by atoms with Crippen LogP contribution in [0.4, 0.5) is 4.39 Å². The first-order valence-corrected chi connectivity index (χ1v) is 8.52. The van der Waals surface area contributed by atoms with Crippen LogP contribution in [0.1, 0.15) is 29.5 Å². The molecule has 0 aliphatic heterocycles. The Labute approximate surface area is 136 Å². The Morgan fingerprint density at radius 2 is 1.74 bits per heavy atom. The third-order valence-electron chi connectivity index (χ3n) is 3.92. The first-order valence-electron chi connectivity index (χ1n) is 7.24. The van der Waals surface area contributed by atoms with Gasteiger partial charge in [0.1, 0.15) is 5.82 Å². The summed E-state index contributed by atoms with van der Waals surface area (Å²) in [6, 6.07) is 13.4. The van der Waals surface area contributed by atoms with Crippen LogP contribution in [-0.4, -0.2) is 14.5 Å². The molecule has 0 aromatic heterocycles. The van der Waals surface area contributed by atoms with Crippen LogP contribution in [0.5, 0.6) is 0 Å². The molecule has 0 amide bonds. The number of allylic oxidation sites excluding steroid dienone is 2. The van der Waals surface area contributed by atoms with E-state index < -0.39 is 16.9 Å². The molecular formula is C18H15FO3S. The van der Waals surface area contributed by atoms with E-state index in [9.17, 15) is 13.4 Å². The highest BCUT2D eigenvalue weighted by atomic mass is 32.2. The van der Waals surface area contributed by atoms with Crippen LogP contribution in [-0.2, 0) is 21.6 Å². The molecule has 0 radical (unpaired) electrons. The highest BCUT2D eigenvalue weighted by Gasteiger charge is 2.26. The van der Waals surface area contributed by atoms with Gasteiger partial charge in [-0.3, -0.25) is 4.79 Å². The molecule has 118 valence electrons. The zero-order valence-corrected chi connectivity index (χ0v) is 13.1. The number of benzene rings is 2. The van der Waals surface area contributed by atoms with Crippen molar-refractivity contribution in [1.29, 1.82) is 0 Å². The molecule has 0 saturated heterocycles. The number of Topliss-reactive ketones (excluding diaryl/α,β-unsaturated/α-hetero) is 1. The predicted octanol–water partition coefficient (Wildman–Crippen LogP) is 3.82. The summed E-state index contributed by atoms with van der Waals surface area (Å²) in [4.78, 5) is 12.2. The molecule has 0 heterocycles. The third-order valence-corrected chi connectivity index (χ3v) is 4.50. The van der Waals surface area contributed by atoms with Gasteiger partial charge in [-0.25, -0.2) is 8.60 Å². The van der Waals surface area contributed by atoms with Gasteiger partial charge in [-0.1, -0.05) is 42.5 Å². The van der Waals surface area contributed by atoms with Gasteiger partial charge in [0.15, 0.2) is 16.9 Å². The monoisotopic (exact) mass is 330 g/mol. The maximum absolute atomic E-state index is 14.1. The molecule has 0 bridgehead atoms. The first-order chi connectivity index (χ1) is 11.1. The SMILES string of the molecule is O=C1CCC(c2ccc(CS(=O)O)cc2)=C1c1ccccc1F. The van der Waals surface area contributed by atoms with E-state index in [0.29, 0.717) is 24.0 Å². The number of hydrogen-bond acceptors (Lipinski definition) is 2. The molecule has 1 N–H and O–H groups in total. The van der Waals surface area contributed by atoms with Crippen LogP contribution in [0.15, 0.2) is 48.5 Å². The van der Waals surface area contributed by atoms with Crippen molar-refractivity contribution in [2.75, 3.05) is 0 Å². The zero-order chi connectivity index (χ0) is 16.4. The minimum absolute atomic E-state index is 0.0503. The number of hydrogen-bond donors (Lipinski definition) is 1. The normalized spacial score (nSPS) is 16.0. The summed E-state index contributed by atoms with van der Waals surface area (Å²) in [5, 5.41) is 0. The Hall–Kier alpha value is -2.11. The minimum atomic E-state index is -1.89. The number of ketones is 1. The molecule has 1 atom stereocenters. The topological polar surface area (TPSA) is 54.4 Å². The van der Waals surface area contributed by atoms with E-state index in [1.807, 2.05) is 12.1 Å². The highest BCUT2D eigenvalue weighted by Crippen LogP contribution is 2.38. The lowest BCUT2D eigenvalue weighted by Crippen LogP contribution is -1.99. The molecule has 1 aliphatic rings. The Balaban J connectivity index is 2.04. The Morgan fingerprint density at radius 1 is 1.04 bits per heavy atom. The molecule has 3 rings (SSSR count). The molecule has 2 aromatic rings. The van der Waals surface area contributed by atoms with Gasteiger partial charge in [0.2, 0.25) is 0 Å². The Kier molecular flexibility index (Phi) is 4.50. The van der Waals surface area contributed by atoms with Crippen LogP contribution in [0.3, 0.4) is 0 Å². The summed E-state index contributed by atoms with van der Waals surface area (Å²) < 4.78 is 33.8. The van der Waals surface area contributed by atoms with Crippen molar-refractivity contribution in [1.82, 2.24) is 0 Å². The van der Waals surface area contributed by atoms with E-state index in [-0.39, 0.29) is 11.5 Å². The van der Waals surface area contributed by atoms with Gasteiger partial charge in [0.05, 0.1) is 5.75 Å². The second-order valence-electron chi connectivity index (χ2n) is 5.42.